The summed E-state index contributed by atoms with van der Waals surface area (Å²) in [4.78, 5) is 12.1. The van der Waals surface area contributed by atoms with Gasteiger partial charge in [-0.05, 0) is 29.8 Å². The monoisotopic (exact) mass is 350 g/mol. The molecule has 0 radical (unpaired) electrons. The minimum absolute atomic E-state index is 0. The van der Waals surface area contributed by atoms with E-state index in [9.17, 15) is 4.79 Å². The predicted molar refractivity (Wildman–Crippen MR) is 96.8 cm³/mol. The lowest BCUT2D eigenvalue weighted by atomic mass is 10.1. The van der Waals surface area contributed by atoms with Crippen LogP contribution >= 0.6 is 12.4 Å². The van der Waals surface area contributed by atoms with Gasteiger partial charge in [-0.1, -0.05) is 30.3 Å². The highest BCUT2D eigenvalue weighted by Gasteiger charge is 2.09. The second-order valence-corrected chi connectivity index (χ2v) is 5.09. The van der Waals surface area contributed by atoms with Crippen LogP contribution in [0, 0.1) is 0 Å². The number of carbonyl (C=O) groups excluding carboxylic acids is 1. The summed E-state index contributed by atoms with van der Waals surface area (Å²) in [5, 5.41) is 2.84. The van der Waals surface area contributed by atoms with E-state index in [1.165, 1.54) is 0 Å². The number of halogens is 1. The fourth-order valence-corrected chi connectivity index (χ4v) is 2.07. The van der Waals surface area contributed by atoms with Crippen molar-refractivity contribution in [3.63, 3.8) is 0 Å². The first-order valence-corrected chi connectivity index (χ1v) is 7.51. The first-order valence-electron chi connectivity index (χ1n) is 7.51. The van der Waals surface area contributed by atoms with Crippen molar-refractivity contribution in [1.29, 1.82) is 0 Å². The lowest BCUT2D eigenvalue weighted by molar-refractivity contribution is 0.0951. The van der Waals surface area contributed by atoms with Gasteiger partial charge in [0.15, 0.2) is 0 Å². The second-order valence-electron chi connectivity index (χ2n) is 5.09. The molecular formula is C18H23ClN2O3. The highest BCUT2D eigenvalue weighted by Crippen LogP contribution is 2.13. The van der Waals surface area contributed by atoms with Gasteiger partial charge in [-0.2, -0.15) is 0 Å². The van der Waals surface area contributed by atoms with Crippen molar-refractivity contribution in [2.75, 3.05) is 26.9 Å². The van der Waals surface area contributed by atoms with Gasteiger partial charge in [0, 0.05) is 25.3 Å². The van der Waals surface area contributed by atoms with Gasteiger partial charge in [0.25, 0.3) is 5.91 Å². The smallest absolute Gasteiger partial charge is 0.251 e. The third kappa shape index (κ3) is 6.20. The molecule has 0 aromatic heterocycles. The molecule has 1 amide bonds. The lowest BCUT2D eigenvalue weighted by Gasteiger charge is -2.13. The number of nitrogens with two attached hydrogens (primary N) is 1. The van der Waals surface area contributed by atoms with Crippen LogP contribution in [0.2, 0.25) is 0 Å². The minimum atomic E-state index is -0.225. The summed E-state index contributed by atoms with van der Waals surface area (Å²) in [6.45, 7) is 1.39. The van der Waals surface area contributed by atoms with Crippen molar-refractivity contribution >= 4 is 18.3 Å². The Bertz CT molecular complexity index is 605. The molecule has 0 heterocycles. The molecule has 5 nitrogen and oxygen atoms in total. The van der Waals surface area contributed by atoms with Crippen molar-refractivity contribution in [1.82, 2.24) is 5.32 Å². The molecule has 2 aromatic rings. The van der Waals surface area contributed by atoms with Gasteiger partial charge >= 0.3 is 0 Å². The quantitative estimate of drug-likeness (QED) is 0.718. The number of rotatable bonds is 8. The summed E-state index contributed by atoms with van der Waals surface area (Å²) in [6, 6.07) is 16.5. The molecule has 0 aliphatic heterocycles. The fraction of sp³-hybridized carbons (Fsp3) is 0.278. The zero-order chi connectivity index (χ0) is 16.5. The number of hydrogen-bond acceptors (Lipinski definition) is 4. The first kappa shape index (κ1) is 20.0. The Hall–Kier alpha value is -2.08. The molecule has 0 saturated carbocycles. The molecule has 0 fully saturated rings. The zero-order valence-corrected chi connectivity index (χ0v) is 14.4. The molecule has 2 aromatic carbocycles. The number of methoxy groups -OCH3 is 1. The van der Waals surface area contributed by atoms with E-state index in [1.807, 2.05) is 30.3 Å². The number of hydrogen-bond donors (Lipinski definition) is 2. The molecule has 0 saturated heterocycles. The van der Waals surface area contributed by atoms with Gasteiger partial charge in [-0.15, -0.1) is 12.4 Å². The van der Waals surface area contributed by atoms with Crippen LogP contribution in [0.5, 0.6) is 5.75 Å². The summed E-state index contributed by atoms with van der Waals surface area (Å²) < 4.78 is 10.4. The van der Waals surface area contributed by atoms with Crippen molar-refractivity contribution < 1.29 is 14.3 Å². The highest BCUT2D eigenvalue weighted by atomic mass is 35.5. The summed E-state index contributed by atoms with van der Waals surface area (Å²) in [7, 11) is 1.62. The Morgan fingerprint density at radius 1 is 1.08 bits per heavy atom. The van der Waals surface area contributed by atoms with E-state index in [4.69, 9.17) is 15.2 Å². The van der Waals surface area contributed by atoms with Gasteiger partial charge < -0.3 is 20.5 Å². The maximum atomic E-state index is 12.1. The molecule has 1 atom stereocenters. The predicted octanol–water partition coefficient (Wildman–Crippen LogP) is 2.56. The van der Waals surface area contributed by atoms with E-state index >= 15 is 0 Å². The summed E-state index contributed by atoms with van der Waals surface area (Å²) in [6.07, 6.45) is 0. The Morgan fingerprint density at radius 3 is 2.38 bits per heavy atom. The number of carbonyl (C=O) groups is 1. The molecule has 3 N–H and O–H groups in total. The lowest BCUT2D eigenvalue weighted by Crippen LogP contribution is -2.31. The van der Waals surface area contributed by atoms with Crippen LogP contribution in [-0.2, 0) is 4.74 Å². The molecule has 130 valence electrons. The molecule has 0 aliphatic rings. The van der Waals surface area contributed by atoms with Crippen LogP contribution < -0.4 is 15.8 Å². The molecule has 1 unspecified atom stereocenters. The molecule has 2 rings (SSSR count). The molecule has 6 heteroatoms. The average molecular weight is 351 g/mol. The van der Waals surface area contributed by atoms with Crippen LogP contribution in [0.3, 0.4) is 0 Å². The second kappa shape index (κ2) is 10.6. The fourth-order valence-electron chi connectivity index (χ4n) is 2.07. The van der Waals surface area contributed by atoms with Gasteiger partial charge in [0.2, 0.25) is 0 Å². The van der Waals surface area contributed by atoms with Crippen LogP contribution in [0.4, 0.5) is 0 Å². The normalized spacial score (nSPS) is 11.2. The van der Waals surface area contributed by atoms with Gasteiger partial charge in [0.1, 0.15) is 12.4 Å². The maximum absolute atomic E-state index is 12.1. The molecule has 0 spiro atoms. The van der Waals surface area contributed by atoms with E-state index in [2.05, 4.69) is 5.32 Å². The SMILES string of the molecule is COCCOc1ccc(C(=O)NCC(N)c2ccccc2)cc1.Cl. The van der Waals surface area contributed by atoms with Crippen LogP contribution in [-0.4, -0.2) is 32.8 Å². The first-order chi connectivity index (χ1) is 11.2. The number of nitrogens with one attached hydrogen (secondary N) is 1. The Morgan fingerprint density at radius 2 is 1.75 bits per heavy atom. The summed E-state index contributed by atoms with van der Waals surface area (Å²) >= 11 is 0. The molecule has 24 heavy (non-hydrogen) atoms. The molecule has 0 aliphatic carbocycles. The van der Waals surface area contributed by atoms with Gasteiger partial charge in [-0.3, -0.25) is 4.79 Å². The standard InChI is InChI=1S/C18H22N2O3.ClH/c1-22-11-12-23-16-9-7-15(8-10-16)18(21)20-13-17(19)14-5-3-2-4-6-14;/h2-10,17H,11-13,19H2,1H3,(H,20,21);1H. The van der Waals surface area contributed by atoms with Crippen LogP contribution in [0.15, 0.2) is 54.6 Å². The Labute approximate surface area is 148 Å². The third-order valence-electron chi connectivity index (χ3n) is 3.38. The highest BCUT2D eigenvalue weighted by molar-refractivity contribution is 5.94. The van der Waals surface area contributed by atoms with Crippen molar-refractivity contribution in [2.24, 2.45) is 5.73 Å². The minimum Gasteiger partial charge on any atom is -0.491 e. The van der Waals surface area contributed by atoms with E-state index < -0.39 is 0 Å². The van der Waals surface area contributed by atoms with E-state index in [1.54, 1.807) is 31.4 Å². The van der Waals surface area contributed by atoms with Gasteiger partial charge in [-0.25, -0.2) is 0 Å². The number of amides is 1. The summed E-state index contributed by atoms with van der Waals surface area (Å²) in [5.74, 6) is 0.555. The van der Waals surface area contributed by atoms with E-state index in [0.717, 1.165) is 5.56 Å². The largest absolute Gasteiger partial charge is 0.491 e. The average Bonchev–Trinajstić information content (AvgIpc) is 2.61. The number of benzene rings is 2. The van der Waals surface area contributed by atoms with E-state index in [0.29, 0.717) is 31.1 Å². The van der Waals surface area contributed by atoms with Crippen LogP contribution in [0.25, 0.3) is 0 Å². The maximum Gasteiger partial charge on any atom is 0.251 e. The summed E-state index contributed by atoms with van der Waals surface area (Å²) in [5.41, 5.74) is 7.64. The van der Waals surface area contributed by atoms with E-state index in [-0.39, 0.29) is 24.4 Å². The zero-order valence-electron chi connectivity index (χ0n) is 13.6. The topological polar surface area (TPSA) is 73.6 Å². The molecule has 0 bridgehead atoms. The van der Waals surface area contributed by atoms with Crippen molar-refractivity contribution in [3.8, 4) is 5.75 Å². The number of ether oxygens (including phenoxy) is 2. The van der Waals surface area contributed by atoms with Crippen molar-refractivity contribution in [2.45, 2.75) is 6.04 Å². The van der Waals surface area contributed by atoms with Crippen molar-refractivity contribution in [3.05, 3.63) is 65.7 Å². The van der Waals surface area contributed by atoms with Crippen LogP contribution in [0.1, 0.15) is 22.0 Å². The third-order valence-corrected chi connectivity index (χ3v) is 3.38. The Kier molecular flexibility index (Phi) is 8.86. The van der Waals surface area contributed by atoms with Gasteiger partial charge in [0.05, 0.1) is 6.61 Å². The Balaban J connectivity index is 0.00000288. The molecular weight excluding hydrogens is 328 g/mol.